The lowest BCUT2D eigenvalue weighted by molar-refractivity contribution is -0.125. The van der Waals surface area contributed by atoms with Gasteiger partial charge in [-0.15, -0.1) is 0 Å². The van der Waals surface area contributed by atoms with E-state index in [2.05, 4.69) is 10.6 Å². The lowest BCUT2D eigenvalue weighted by atomic mass is 10.2. The highest BCUT2D eigenvalue weighted by molar-refractivity contribution is 7.91. The van der Waals surface area contributed by atoms with Crippen molar-refractivity contribution < 1.29 is 26.8 Å². The highest BCUT2D eigenvalue weighted by atomic mass is 32.2. The average Bonchev–Trinajstić information content (AvgIpc) is 3.22. The Labute approximate surface area is 137 Å². The monoisotopic (exact) mass is 358 g/mol. The summed E-state index contributed by atoms with van der Waals surface area (Å²) in [5.74, 6) is -3.68. The molecule has 24 heavy (non-hydrogen) atoms. The molecule has 9 heteroatoms. The van der Waals surface area contributed by atoms with Gasteiger partial charge in [0.1, 0.15) is 11.6 Å². The van der Waals surface area contributed by atoms with Crippen LogP contribution in [0.3, 0.4) is 0 Å². The summed E-state index contributed by atoms with van der Waals surface area (Å²) >= 11 is 0. The van der Waals surface area contributed by atoms with Gasteiger partial charge in [-0.3, -0.25) is 9.59 Å². The summed E-state index contributed by atoms with van der Waals surface area (Å²) in [6, 6.07) is 2.38. The summed E-state index contributed by atoms with van der Waals surface area (Å²) in [5.41, 5.74) is -0.144. The molecule has 2 amide bonds. The Morgan fingerprint density at radius 3 is 2.46 bits per heavy atom. The van der Waals surface area contributed by atoms with Gasteiger partial charge in [0, 0.05) is 12.1 Å². The third kappa shape index (κ3) is 3.72. The molecule has 1 aliphatic heterocycles. The Morgan fingerprint density at radius 2 is 1.83 bits per heavy atom. The number of hydrogen-bond donors (Lipinski definition) is 2. The normalized spacial score (nSPS) is 27.5. The van der Waals surface area contributed by atoms with Gasteiger partial charge in [0.25, 0.3) is 0 Å². The fourth-order valence-corrected chi connectivity index (χ4v) is 4.48. The molecule has 0 bridgehead atoms. The molecule has 2 fully saturated rings. The highest BCUT2D eigenvalue weighted by Crippen LogP contribution is 2.40. The number of sulfone groups is 1. The Bertz CT molecular complexity index is 797. The van der Waals surface area contributed by atoms with E-state index in [9.17, 15) is 26.8 Å². The van der Waals surface area contributed by atoms with Crippen LogP contribution in [0.1, 0.15) is 12.8 Å². The Balaban J connectivity index is 1.53. The van der Waals surface area contributed by atoms with Gasteiger partial charge < -0.3 is 10.6 Å². The molecule has 3 atom stereocenters. The molecule has 1 aliphatic carbocycles. The summed E-state index contributed by atoms with van der Waals surface area (Å²) < 4.78 is 49.1. The molecule has 1 saturated heterocycles. The van der Waals surface area contributed by atoms with Crippen molar-refractivity contribution in [3.8, 4) is 0 Å². The molecular formula is C15H16F2N2O4S. The summed E-state index contributed by atoms with van der Waals surface area (Å²) in [6.45, 7) is 0. The molecule has 2 N–H and O–H groups in total. The first-order valence-electron chi connectivity index (χ1n) is 7.52. The van der Waals surface area contributed by atoms with Crippen molar-refractivity contribution in [1.29, 1.82) is 0 Å². The number of carbonyl (C=O) groups excluding carboxylic acids is 2. The van der Waals surface area contributed by atoms with Crippen LogP contribution in [0.15, 0.2) is 18.2 Å². The van der Waals surface area contributed by atoms with Crippen LogP contribution in [-0.4, -0.2) is 37.8 Å². The van der Waals surface area contributed by atoms with Crippen LogP contribution < -0.4 is 10.6 Å². The van der Waals surface area contributed by atoms with Crippen molar-refractivity contribution in [3.63, 3.8) is 0 Å². The molecule has 1 heterocycles. The molecule has 2 aliphatic rings. The average molecular weight is 358 g/mol. The van der Waals surface area contributed by atoms with E-state index in [1.54, 1.807) is 0 Å². The Morgan fingerprint density at radius 1 is 1.12 bits per heavy atom. The minimum absolute atomic E-state index is 0.0520. The first kappa shape index (κ1) is 16.8. The van der Waals surface area contributed by atoms with Crippen molar-refractivity contribution in [1.82, 2.24) is 5.32 Å². The van der Waals surface area contributed by atoms with E-state index < -0.39 is 45.3 Å². The number of rotatable bonds is 4. The maximum atomic E-state index is 13.5. The van der Waals surface area contributed by atoms with E-state index in [0.29, 0.717) is 18.9 Å². The van der Waals surface area contributed by atoms with Crippen molar-refractivity contribution >= 4 is 27.3 Å². The minimum Gasteiger partial charge on any atom is -0.352 e. The standard InChI is InChI=1S/C15H16F2N2O4S/c16-8-1-2-13(12(17)5-8)19-15(21)11-6-10(11)14(20)18-9-3-4-24(22,23)7-9/h1-2,5,9-11H,3-4,6-7H2,(H,18,20)(H,19,21). The molecule has 130 valence electrons. The summed E-state index contributed by atoms with van der Waals surface area (Å²) in [5, 5.41) is 4.98. The first-order valence-corrected chi connectivity index (χ1v) is 9.34. The van der Waals surface area contributed by atoms with Gasteiger partial charge in [-0.1, -0.05) is 0 Å². The van der Waals surface area contributed by atoms with E-state index >= 15 is 0 Å². The predicted octanol–water partition coefficient (Wildman–Crippen LogP) is 0.843. The van der Waals surface area contributed by atoms with Crippen molar-refractivity contribution in [2.24, 2.45) is 11.8 Å². The molecule has 3 rings (SSSR count). The molecule has 0 radical (unpaired) electrons. The van der Waals surface area contributed by atoms with Gasteiger partial charge in [0.15, 0.2) is 9.84 Å². The summed E-state index contributed by atoms with van der Waals surface area (Å²) in [7, 11) is -3.09. The van der Waals surface area contributed by atoms with Crippen LogP contribution in [0.5, 0.6) is 0 Å². The third-order valence-electron chi connectivity index (χ3n) is 4.23. The van der Waals surface area contributed by atoms with E-state index in [-0.39, 0.29) is 23.1 Å². The van der Waals surface area contributed by atoms with Crippen LogP contribution in [0, 0.1) is 23.5 Å². The van der Waals surface area contributed by atoms with Gasteiger partial charge in [-0.2, -0.15) is 0 Å². The maximum Gasteiger partial charge on any atom is 0.228 e. The fourth-order valence-electron chi connectivity index (χ4n) is 2.81. The minimum atomic E-state index is -3.09. The van der Waals surface area contributed by atoms with Gasteiger partial charge in [-0.05, 0) is 25.0 Å². The number of nitrogens with one attached hydrogen (secondary N) is 2. The van der Waals surface area contributed by atoms with Gasteiger partial charge >= 0.3 is 0 Å². The molecule has 1 aromatic carbocycles. The summed E-state index contributed by atoms with van der Waals surface area (Å²) in [4.78, 5) is 24.1. The predicted molar refractivity (Wildman–Crippen MR) is 81.8 cm³/mol. The fraction of sp³-hybridized carbons (Fsp3) is 0.467. The van der Waals surface area contributed by atoms with Crippen molar-refractivity contribution in [2.75, 3.05) is 16.8 Å². The zero-order valence-corrected chi connectivity index (χ0v) is 13.4. The SMILES string of the molecule is O=C(Nc1ccc(F)cc1F)C1CC1C(=O)NC1CCS(=O)(=O)C1. The van der Waals surface area contributed by atoms with Gasteiger partial charge in [0.05, 0.1) is 29.0 Å². The molecule has 1 aromatic rings. The zero-order chi connectivity index (χ0) is 17.5. The number of anilines is 1. The van der Waals surface area contributed by atoms with Crippen LogP contribution >= 0.6 is 0 Å². The van der Waals surface area contributed by atoms with E-state index in [1.807, 2.05) is 0 Å². The lowest BCUT2D eigenvalue weighted by Crippen LogP contribution is -2.37. The topological polar surface area (TPSA) is 92.3 Å². The Kier molecular flexibility index (Phi) is 4.29. The second kappa shape index (κ2) is 6.12. The van der Waals surface area contributed by atoms with Gasteiger partial charge in [-0.25, -0.2) is 17.2 Å². The largest absolute Gasteiger partial charge is 0.352 e. The van der Waals surface area contributed by atoms with Crippen LogP contribution in [-0.2, 0) is 19.4 Å². The van der Waals surface area contributed by atoms with Crippen LogP contribution in [0.2, 0.25) is 0 Å². The maximum absolute atomic E-state index is 13.5. The summed E-state index contributed by atoms with van der Waals surface area (Å²) in [6.07, 6.45) is 0.693. The Hall–Kier alpha value is -2.03. The first-order chi connectivity index (χ1) is 11.2. The second-order valence-electron chi connectivity index (χ2n) is 6.17. The smallest absolute Gasteiger partial charge is 0.228 e. The number of carbonyl (C=O) groups is 2. The number of hydrogen-bond acceptors (Lipinski definition) is 4. The van der Waals surface area contributed by atoms with Crippen molar-refractivity contribution in [2.45, 2.75) is 18.9 Å². The second-order valence-corrected chi connectivity index (χ2v) is 8.40. The van der Waals surface area contributed by atoms with E-state index in [0.717, 1.165) is 12.1 Å². The van der Waals surface area contributed by atoms with Crippen molar-refractivity contribution in [3.05, 3.63) is 29.8 Å². The van der Waals surface area contributed by atoms with Gasteiger partial charge in [0.2, 0.25) is 11.8 Å². The van der Waals surface area contributed by atoms with E-state index in [1.165, 1.54) is 0 Å². The number of halogens is 2. The molecule has 3 unspecified atom stereocenters. The molecular weight excluding hydrogens is 342 g/mol. The van der Waals surface area contributed by atoms with Crippen LogP contribution in [0.25, 0.3) is 0 Å². The van der Waals surface area contributed by atoms with E-state index in [4.69, 9.17) is 0 Å². The highest BCUT2D eigenvalue weighted by Gasteiger charge is 2.48. The molecule has 0 aromatic heterocycles. The molecule has 1 saturated carbocycles. The zero-order valence-electron chi connectivity index (χ0n) is 12.6. The number of amides is 2. The lowest BCUT2D eigenvalue weighted by Gasteiger charge is -2.10. The third-order valence-corrected chi connectivity index (χ3v) is 6.00. The number of benzene rings is 1. The van der Waals surface area contributed by atoms with Crippen LogP contribution in [0.4, 0.5) is 14.5 Å². The quantitative estimate of drug-likeness (QED) is 0.834. The molecule has 6 nitrogen and oxygen atoms in total. The molecule has 0 spiro atoms.